The van der Waals surface area contributed by atoms with Gasteiger partial charge in [-0.2, -0.15) is 0 Å². The molecule has 0 saturated carbocycles. The molecule has 3 aromatic carbocycles. The van der Waals surface area contributed by atoms with E-state index in [0.29, 0.717) is 23.5 Å². The number of carbonyl (C=O) groups is 1. The second-order valence-electron chi connectivity index (χ2n) is 8.21. The first-order chi connectivity index (χ1) is 16.2. The quantitative estimate of drug-likeness (QED) is 0.510. The van der Waals surface area contributed by atoms with E-state index in [0.717, 1.165) is 18.4 Å². The van der Waals surface area contributed by atoms with E-state index in [9.17, 15) is 21.6 Å². The van der Waals surface area contributed by atoms with E-state index >= 15 is 0 Å². The number of carbonyl (C=O) groups excluding carboxylic acids is 1. The van der Waals surface area contributed by atoms with Crippen molar-refractivity contribution in [2.24, 2.45) is 0 Å². The molecule has 1 aliphatic heterocycles. The lowest BCUT2D eigenvalue weighted by molar-refractivity contribution is -0.115. The third-order valence-electron chi connectivity index (χ3n) is 5.66. The number of nitrogens with one attached hydrogen (secondary N) is 1. The Morgan fingerprint density at radius 3 is 2.26 bits per heavy atom. The van der Waals surface area contributed by atoms with Crippen LogP contribution in [0.2, 0.25) is 0 Å². The molecule has 0 unspecified atom stereocenters. The van der Waals surface area contributed by atoms with E-state index in [2.05, 4.69) is 5.32 Å². The lowest BCUT2D eigenvalue weighted by Crippen LogP contribution is -2.35. The lowest BCUT2D eigenvalue weighted by Gasteiger charge is -2.30. The van der Waals surface area contributed by atoms with Gasteiger partial charge >= 0.3 is 0 Å². The van der Waals surface area contributed by atoms with Gasteiger partial charge in [0, 0.05) is 18.7 Å². The van der Waals surface area contributed by atoms with Crippen LogP contribution in [-0.4, -0.2) is 35.0 Å². The minimum atomic E-state index is -3.74. The van der Waals surface area contributed by atoms with E-state index in [1.165, 1.54) is 28.6 Å². The molecule has 1 heterocycles. The van der Waals surface area contributed by atoms with Crippen LogP contribution in [0.1, 0.15) is 24.0 Å². The lowest BCUT2D eigenvalue weighted by atomic mass is 10.0. The van der Waals surface area contributed by atoms with Gasteiger partial charge in [-0.3, -0.25) is 9.10 Å². The molecule has 0 aliphatic carbocycles. The Morgan fingerprint density at radius 2 is 1.53 bits per heavy atom. The molecule has 0 spiro atoms. The first-order valence-corrected chi connectivity index (χ1v) is 14.3. The minimum Gasteiger partial charge on any atom is -0.326 e. The summed E-state index contributed by atoms with van der Waals surface area (Å²) in [6.07, 6.45) is 1.41. The average molecular weight is 499 g/mol. The molecule has 178 valence electrons. The SMILES string of the molecule is O=C(CCS(=O)(=O)Cc1ccccc1)Nc1ccc(S(=O)(=O)N2CCCc3ccccc32)cc1. The van der Waals surface area contributed by atoms with Crippen LogP contribution in [0, 0.1) is 0 Å². The fourth-order valence-electron chi connectivity index (χ4n) is 3.96. The number of anilines is 2. The Labute approximate surface area is 200 Å². The molecule has 0 saturated heterocycles. The highest BCUT2D eigenvalue weighted by atomic mass is 32.2. The Kier molecular flexibility index (Phi) is 7.04. The molecule has 0 radical (unpaired) electrons. The van der Waals surface area contributed by atoms with Crippen molar-refractivity contribution in [3.8, 4) is 0 Å². The van der Waals surface area contributed by atoms with Gasteiger partial charge in [-0.15, -0.1) is 0 Å². The van der Waals surface area contributed by atoms with Crippen molar-refractivity contribution in [1.29, 1.82) is 0 Å². The molecule has 7 nitrogen and oxygen atoms in total. The predicted molar refractivity (Wildman–Crippen MR) is 133 cm³/mol. The second kappa shape index (κ2) is 9.99. The average Bonchev–Trinajstić information content (AvgIpc) is 2.83. The monoisotopic (exact) mass is 498 g/mol. The molecule has 4 rings (SSSR count). The van der Waals surface area contributed by atoms with Crippen LogP contribution in [0.25, 0.3) is 0 Å². The van der Waals surface area contributed by atoms with Crippen molar-refractivity contribution in [1.82, 2.24) is 0 Å². The molecule has 3 aromatic rings. The van der Waals surface area contributed by atoms with Gasteiger partial charge in [-0.05, 0) is 54.3 Å². The molecule has 0 aromatic heterocycles. The van der Waals surface area contributed by atoms with Gasteiger partial charge in [0.2, 0.25) is 5.91 Å². The Bertz CT molecular complexity index is 1370. The normalized spacial score (nSPS) is 13.8. The first-order valence-electron chi connectivity index (χ1n) is 11.0. The second-order valence-corrected chi connectivity index (χ2v) is 12.3. The number of sulfonamides is 1. The first kappa shape index (κ1) is 24.0. The molecule has 34 heavy (non-hydrogen) atoms. The number of rotatable bonds is 8. The van der Waals surface area contributed by atoms with Crippen LogP contribution in [0.3, 0.4) is 0 Å². The number of aryl methyl sites for hydroxylation is 1. The summed E-state index contributed by atoms with van der Waals surface area (Å²) in [4.78, 5) is 12.4. The molecular formula is C25H26N2O5S2. The third kappa shape index (κ3) is 5.66. The fraction of sp³-hybridized carbons (Fsp3) is 0.240. The van der Waals surface area contributed by atoms with Crippen LogP contribution in [-0.2, 0) is 36.8 Å². The highest BCUT2D eigenvalue weighted by molar-refractivity contribution is 7.92. The zero-order valence-electron chi connectivity index (χ0n) is 18.6. The van der Waals surface area contributed by atoms with E-state index in [1.807, 2.05) is 30.3 Å². The van der Waals surface area contributed by atoms with Crippen LogP contribution in [0.5, 0.6) is 0 Å². The standard InChI is InChI=1S/C25H26N2O5S2/c28-25(16-18-33(29,30)19-20-7-2-1-3-8-20)26-22-12-14-23(15-13-22)34(31,32)27-17-6-10-21-9-4-5-11-24(21)27/h1-5,7-9,11-15H,6,10,16-19H2,(H,26,28). The van der Waals surface area contributed by atoms with E-state index in [1.54, 1.807) is 24.3 Å². The molecule has 0 fully saturated rings. The molecule has 1 N–H and O–H groups in total. The van der Waals surface area contributed by atoms with Gasteiger partial charge < -0.3 is 5.32 Å². The number of sulfone groups is 1. The molecule has 0 atom stereocenters. The highest BCUT2D eigenvalue weighted by Crippen LogP contribution is 2.32. The number of para-hydroxylation sites is 1. The molecule has 9 heteroatoms. The van der Waals surface area contributed by atoms with E-state index in [-0.39, 0.29) is 22.8 Å². The topological polar surface area (TPSA) is 101 Å². The predicted octanol–water partition coefficient (Wildman–Crippen LogP) is 3.77. The zero-order valence-corrected chi connectivity index (χ0v) is 20.2. The summed E-state index contributed by atoms with van der Waals surface area (Å²) in [7, 11) is -7.17. The van der Waals surface area contributed by atoms with Crippen molar-refractivity contribution in [2.45, 2.75) is 29.9 Å². The van der Waals surface area contributed by atoms with Gasteiger partial charge in [0.1, 0.15) is 0 Å². The van der Waals surface area contributed by atoms with Gasteiger partial charge in [0.15, 0.2) is 9.84 Å². The molecular weight excluding hydrogens is 472 g/mol. The van der Waals surface area contributed by atoms with Gasteiger partial charge in [0.25, 0.3) is 10.0 Å². The summed E-state index contributed by atoms with van der Waals surface area (Å²) in [6, 6.07) is 22.2. The zero-order chi connectivity index (χ0) is 24.2. The van der Waals surface area contributed by atoms with Gasteiger partial charge in [-0.25, -0.2) is 16.8 Å². The van der Waals surface area contributed by atoms with E-state index in [4.69, 9.17) is 0 Å². The van der Waals surface area contributed by atoms with Crippen molar-refractivity contribution >= 4 is 37.1 Å². The summed E-state index contributed by atoms with van der Waals surface area (Å²) >= 11 is 0. The van der Waals surface area contributed by atoms with E-state index < -0.39 is 25.8 Å². The fourth-order valence-corrected chi connectivity index (χ4v) is 6.84. The largest absolute Gasteiger partial charge is 0.326 e. The Balaban J connectivity index is 1.38. The molecule has 0 bridgehead atoms. The molecule has 1 amide bonds. The maximum absolute atomic E-state index is 13.2. The maximum atomic E-state index is 13.2. The van der Waals surface area contributed by atoms with Crippen LogP contribution in [0.4, 0.5) is 11.4 Å². The van der Waals surface area contributed by atoms with Crippen molar-refractivity contribution in [3.63, 3.8) is 0 Å². The number of fused-ring (bicyclic) bond motifs is 1. The summed E-state index contributed by atoms with van der Waals surface area (Å²) in [6.45, 7) is 0.412. The van der Waals surface area contributed by atoms with Crippen molar-refractivity contribution in [3.05, 3.63) is 90.0 Å². The number of benzene rings is 3. The van der Waals surface area contributed by atoms with Crippen molar-refractivity contribution in [2.75, 3.05) is 21.9 Å². The Hall–Kier alpha value is -3.17. The summed E-state index contributed by atoms with van der Waals surface area (Å²) in [5, 5.41) is 2.64. The number of amides is 1. The van der Waals surface area contributed by atoms with Crippen LogP contribution >= 0.6 is 0 Å². The smallest absolute Gasteiger partial charge is 0.264 e. The minimum absolute atomic E-state index is 0.118. The number of hydrogen-bond donors (Lipinski definition) is 1. The maximum Gasteiger partial charge on any atom is 0.264 e. The van der Waals surface area contributed by atoms with Crippen molar-refractivity contribution < 1.29 is 21.6 Å². The third-order valence-corrected chi connectivity index (χ3v) is 9.09. The Morgan fingerprint density at radius 1 is 0.853 bits per heavy atom. The summed E-state index contributed by atoms with van der Waals surface area (Å²) < 4.78 is 52.5. The van der Waals surface area contributed by atoms with Crippen LogP contribution in [0.15, 0.2) is 83.8 Å². The van der Waals surface area contributed by atoms with Gasteiger partial charge in [-0.1, -0.05) is 48.5 Å². The molecule has 1 aliphatic rings. The number of nitrogens with zero attached hydrogens (tertiary/aromatic N) is 1. The van der Waals surface area contributed by atoms with Crippen LogP contribution < -0.4 is 9.62 Å². The number of hydrogen-bond acceptors (Lipinski definition) is 5. The summed E-state index contributed by atoms with van der Waals surface area (Å²) in [5.41, 5.74) is 2.78. The summed E-state index contributed by atoms with van der Waals surface area (Å²) in [5.74, 6) is -0.834. The highest BCUT2D eigenvalue weighted by Gasteiger charge is 2.28. The van der Waals surface area contributed by atoms with Gasteiger partial charge in [0.05, 0.1) is 22.1 Å².